The number of anilines is 1. The predicted octanol–water partition coefficient (Wildman–Crippen LogP) is 4.01. The number of rotatable bonds is 4. The second-order valence-electron chi connectivity index (χ2n) is 5.55. The van der Waals surface area contributed by atoms with Gasteiger partial charge < -0.3 is 4.90 Å². The highest BCUT2D eigenvalue weighted by Crippen LogP contribution is 2.27. The second-order valence-corrected chi connectivity index (χ2v) is 5.55. The summed E-state index contributed by atoms with van der Waals surface area (Å²) in [7, 11) is 2.20. The zero-order chi connectivity index (χ0) is 12.3. The molecule has 0 atom stereocenters. The van der Waals surface area contributed by atoms with Crippen molar-refractivity contribution < 1.29 is 0 Å². The summed E-state index contributed by atoms with van der Waals surface area (Å²) in [6.45, 7) is 5.65. The fourth-order valence-electron chi connectivity index (χ4n) is 2.64. The largest absolute Gasteiger partial charge is 0.374 e. The minimum absolute atomic E-state index is 1.20. The van der Waals surface area contributed by atoms with Gasteiger partial charge in [-0.3, -0.25) is 0 Å². The van der Waals surface area contributed by atoms with E-state index >= 15 is 0 Å². The molecule has 0 unspecified atom stereocenters. The molecule has 0 aliphatic carbocycles. The highest BCUT2D eigenvalue weighted by Gasteiger charge is 2.13. The first-order valence-electron chi connectivity index (χ1n) is 6.79. The van der Waals surface area contributed by atoms with Crippen LogP contribution in [0.5, 0.6) is 0 Å². The molecule has 1 nitrogen and oxygen atoms in total. The Morgan fingerprint density at radius 1 is 1.29 bits per heavy atom. The smallest absolute Gasteiger partial charge is 0.0396 e. The standard InChI is InChI=1S/C16H24N/c1-13(2)6-4-7-14-9-10-16-15(12-14)8-5-11-17(16)3/h9-10,12H,4-8,11H2,1-3H3. The van der Waals surface area contributed by atoms with Crippen LogP contribution in [0.25, 0.3) is 0 Å². The van der Waals surface area contributed by atoms with Gasteiger partial charge in [0.15, 0.2) is 0 Å². The molecule has 1 aromatic rings. The second kappa shape index (κ2) is 5.57. The van der Waals surface area contributed by atoms with Gasteiger partial charge >= 0.3 is 0 Å². The number of nitrogens with zero attached hydrogens (tertiary/aromatic N) is 1. The molecule has 0 aromatic heterocycles. The summed E-state index contributed by atoms with van der Waals surface area (Å²) < 4.78 is 0. The van der Waals surface area contributed by atoms with Gasteiger partial charge in [-0.05, 0) is 55.2 Å². The molecule has 0 saturated heterocycles. The van der Waals surface area contributed by atoms with Crippen LogP contribution in [-0.2, 0) is 12.8 Å². The van der Waals surface area contributed by atoms with Crippen molar-refractivity contribution in [1.82, 2.24) is 0 Å². The molecule has 17 heavy (non-hydrogen) atoms. The van der Waals surface area contributed by atoms with E-state index in [1.165, 1.54) is 49.9 Å². The van der Waals surface area contributed by atoms with Crippen molar-refractivity contribution in [2.24, 2.45) is 0 Å². The Bertz CT molecular complexity index is 368. The lowest BCUT2D eigenvalue weighted by Crippen LogP contribution is -2.24. The van der Waals surface area contributed by atoms with Crippen LogP contribution in [0.15, 0.2) is 18.2 Å². The Morgan fingerprint density at radius 2 is 2.12 bits per heavy atom. The number of benzene rings is 1. The van der Waals surface area contributed by atoms with Crippen LogP contribution in [0.3, 0.4) is 0 Å². The maximum absolute atomic E-state index is 2.43. The first-order valence-corrected chi connectivity index (χ1v) is 6.79. The molecular formula is C16H24N. The Morgan fingerprint density at radius 3 is 2.88 bits per heavy atom. The average molecular weight is 230 g/mol. The van der Waals surface area contributed by atoms with E-state index in [4.69, 9.17) is 0 Å². The summed E-state index contributed by atoms with van der Waals surface area (Å²) in [6, 6.07) is 7.05. The minimum Gasteiger partial charge on any atom is -0.374 e. The van der Waals surface area contributed by atoms with Crippen molar-refractivity contribution in [3.05, 3.63) is 35.2 Å². The van der Waals surface area contributed by atoms with Gasteiger partial charge in [-0.15, -0.1) is 0 Å². The summed E-state index contributed by atoms with van der Waals surface area (Å²) in [5.74, 6) is 1.54. The van der Waals surface area contributed by atoms with Gasteiger partial charge in [-0.1, -0.05) is 26.0 Å². The van der Waals surface area contributed by atoms with Gasteiger partial charge in [0, 0.05) is 19.3 Å². The molecule has 1 aromatic carbocycles. The number of fused-ring (bicyclic) bond motifs is 1. The van der Waals surface area contributed by atoms with Gasteiger partial charge in [0.25, 0.3) is 0 Å². The summed E-state index contributed by atoms with van der Waals surface area (Å²) >= 11 is 0. The fourth-order valence-corrected chi connectivity index (χ4v) is 2.64. The molecular weight excluding hydrogens is 206 g/mol. The highest BCUT2D eigenvalue weighted by atomic mass is 15.1. The van der Waals surface area contributed by atoms with E-state index < -0.39 is 0 Å². The lowest BCUT2D eigenvalue weighted by Gasteiger charge is -2.27. The predicted molar refractivity (Wildman–Crippen MR) is 75.6 cm³/mol. The van der Waals surface area contributed by atoms with Crippen LogP contribution >= 0.6 is 0 Å². The molecule has 0 N–H and O–H groups in total. The normalized spacial score (nSPS) is 15.2. The van der Waals surface area contributed by atoms with Crippen LogP contribution in [0.2, 0.25) is 0 Å². The third-order valence-corrected chi connectivity index (χ3v) is 3.64. The number of hydrogen-bond acceptors (Lipinski definition) is 1. The summed E-state index contributed by atoms with van der Waals surface area (Å²) in [5, 5.41) is 0. The van der Waals surface area contributed by atoms with Crippen molar-refractivity contribution in [1.29, 1.82) is 0 Å². The van der Waals surface area contributed by atoms with Gasteiger partial charge in [0.2, 0.25) is 0 Å². The Kier molecular flexibility index (Phi) is 4.09. The van der Waals surface area contributed by atoms with E-state index in [9.17, 15) is 0 Å². The van der Waals surface area contributed by atoms with E-state index in [-0.39, 0.29) is 0 Å². The van der Waals surface area contributed by atoms with Crippen LogP contribution in [0.4, 0.5) is 5.69 Å². The van der Waals surface area contributed by atoms with Gasteiger partial charge in [-0.2, -0.15) is 0 Å². The zero-order valence-electron chi connectivity index (χ0n) is 11.4. The van der Waals surface area contributed by atoms with E-state index in [1.54, 1.807) is 11.5 Å². The van der Waals surface area contributed by atoms with Crippen molar-refractivity contribution in [2.75, 3.05) is 18.5 Å². The molecule has 0 amide bonds. The molecule has 1 aliphatic rings. The number of aryl methyl sites for hydroxylation is 2. The molecule has 1 radical (unpaired) electrons. The summed E-state index contributed by atoms with van der Waals surface area (Å²) in [6.07, 6.45) is 6.33. The van der Waals surface area contributed by atoms with Gasteiger partial charge in [-0.25, -0.2) is 0 Å². The lowest BCUT2D eigenvalue weighted by atomic mass is 9.96. The van der Waals surface area contributed by atoms with Crippen LogP contribution in [0.1, 0.15) is 44.2 Å². The Labute approximate surface area is 106 Å². The topological polar surface area (TPSA) is 3.24 Å². The van der Waals surface area contributed by atoms with Crippen LogP contribution < -0.4 is 4.90 Å². The maximum atomic E-state index is 2.43. The SMILES string of the molecule is C[C](C)CCCc1ccc2c(c1)CCCN2C. The lowest BCUT2D eigenvalue weighted by molar-refractivity contribution is 0.731. The molecule has 1 aliphatic heterocycles. The monoisotopic (exact) mass is 230 g/mol. The molecule has 0 saturated carbocycles. The third kappa shape index (κ3) is 3.24. The molecule has 1 heterocycles. The fraction of sp³-hybridized carbons (Fsp3) is 0.562. The molecule has 0 spiro atoms. The highest BCUT2D eigenvalue weighted by molar-refractivity contribution is 5.56. The molecule has 93 valence electrons. The minimum atomic E-state index is 1.20. The number of hydrogen-bond donors (Lipinski definition) is 0. The molecule has 1 heteroatoms. The van der Waals surface area contributed by atoms with Crippen molar-refractivity contribution in [3.8, 4) is 0 Å². The van der Waals surface area contributed by atoms with Crippen molar-refractivity contribution in [3.63, 3.8) is 0 Å². The average Bonchev–Trinajstić information content (AvgIpc) is 2.29. The first-order chi connectivity index (χ1) is 8.16. The quantitative estimate of drug-likeness (QED) is 0.755. The van der Waals surface area contributed by atoms with Crippen molar-refractivity contribution >= 4 is 5.69 Å². The van der Waals surface area contributed by atoms with E-state index in [0.717, 1.165) is 0 Å². The maximum Gasteiger partial charge on any atom is 0.0396 e. The Balaban J connectivity index is 2.01. The van der Waals surface area contributed by atoms with Gasteiger partial charge in [0.1, 0.15) is 0 Å². The van der Waals surface area contributed by atoms with E-state index in [0.29, 0.717) is 0 Å². The van der Waals surface area contributed by atoms with Crippen LogP contribution in [-0.4, -0.2) is 13.6 Å². The first kappa shape index (κ1) is 12.5. The summed E-state index contributed by atoms with van der Waals surface area (Å²) in [5.41, 5.74) is 4.51. The molecule has 0 fully saturated rings. The third-order valence-electron chi connectivity index (χ3n) is 3.64. The van der Waals surface area contributed by atoms with Crippen LogP contribution in [0, 0.1) is 5.92 Å². The van der Waals surface area contributed by atoms with E-state index in [2.05, 4.69) is 44.0 Å². The van der Waals surface area contributed by atoms with Gasteiger partial charge in [0.05, 0.1) is 0 Å². The molecule has 2 rings (SSSR count). The Hall–Kier alpha value is -0.980. The molecule has 0 bridgehead atoms. The van der Waals surface area contributed by atoms with E-state index in [1.807, 2.05) is 0 Å². The zero-order valence-corrected chi connectivity index (χ0v) is 11.4. The van der Waals surface area contributed by atoms with Crippen molar-refractivity contribution in [2.45, 2.75) is 46.0 Å². The summed E-state index contributed by atoms with van der Waals surface area (Å²) in [4.78, 5) is 2.38.